The number of carbonyl (C=O) groups excluding carboxylic acids is 1. The van der Waals surface area contributed by atoms with Crippen molar-refractivity contribution in [2.75, 3.05) is 19.5 Å². The molecule has 1 heterocycles. The first-order chi connectivity index (χ1) is 11.9. The summed E-state index contributed by atoms with van der Waals surface area (Å²) in [5.41, 5.74) is 0.142. The lowest BCUT2D eigenvalue weighted by atomic mass is 9.51. The van der Waals surface area contributed by atoms with Crippen molar-refractivity contribution in [3.63, 3.8) is 0 Å². The fourth-order valence-electron chi connectivity index (χ4n) is 5.60. The van der Waals surface area contributed by atoms with Crippen LogP contribution in [-0.2, 0) is 16.1 Å². The van der Waals surface area contributed by atoms with Gasteiger partial charge in [0.15, 0.2) is 0 Å². The lowest BCUT2D eigenvalue weighted by Crippen LogP contribution is -2.62. The van der Waals surface area contributed by atoms with Gasteiger partial charge in [-0.25, -0.2) is 14.8 Å². The van der Waals surface area contributed by atoms with E-state index in [1.165, 1.54) is 19.7 Å². The van der Waals surface area contributed by atoms with Gasteiger partial charge in [-0.15, -0.1) is 0 Å². The molecule has 5 rings (SSSR count). The van der Waals surface area contributed by atoms with Crippen LogP contribution in [0.25, 0.3) is 0 Å². The number of nitrogens with zero attached hydrogens (tertiary/aromatic N) is 2. The van der Waals surface area contributed by atoms with Crippen molar-refractivity contribution in [1.29, 1.82) is 0 Å². The second-order valence-electron chi connectivity index (χ2n) is 8.07. The maximum Gasteiger partial charge on any atom is 0.341 e. The smallest absolute Gasteiger partial charge is 0.341 e. The minimum atomic E-state index is -0.543. The van der Waals surface area contributed by atoms with Gasteiger partial charge < -0.3 is 19.9 Å². The second kappa shape index (κ2) is 5.92. The van der Waals surface area contributed by atoms with Gasteiger partial charge in [-0.2, -0.15) is 0 Å². The van der Waals surface area contributed by atoms with Gasteiger partial charge >= 0.3 is 5.97 Å². The number of rotatable bonds is 5. The van der Waals surface area contributed by atoms with Crippen LogP contribution in [0.5, 0.6) is 0 Å². The van der Waals surface area contributed by atoms with Gasteiger partial charge in [0.1, 0.15) is 5.56 Å². The Hall–Kier alpha value is -1.73. The van der Waals surface area contributed by atoms with Crippen LogP contribution in [0.2, 0.25) is 0 Å². The van der Waals surface area contributed by atoms with Gasteiger partial charge in [-0.1, -0.05) is 0 Å². The normalized spacial score (nSPS) is 35.6. The Morgan fingerprint density at radius 3 is 2.64 bits per heavy atom. The molecule has 0 aromatic carbocycles. The number of aliphatic hydroxyl groups is 1. The third-order valence-electron chi connectivity index (χ3n) is 5.96. The van der Waals surface area contributed by atoms with Gasteiger partial charge in [0.25, 0.3) is 0 Å². The van der Waals surface area contributed by atoms with Crippen molar-refractivity contribution in [3.05, 3.63) is 17.5 Å². The van der Waals surface area contributed by atoms with Crippen molar-refractivity contribution in [3.8, 4) is 0 Å². The number of hydrogen-bond acceptors (Lipinski definition) is 7. The number of methoxy groups -OCH3 is 2. The van der Waals surface area contributed by atoms with Crippen molar-refractivity contribution < 1.29 is 19.4 Å². The average molecular weight is 347 g/mol. The summed E-state index contributed by atoms with van der Waals surface area (Å²) in [5, 5.41) is 14.4. The van der Waals surface area contributed by atoms with Crippen LogP contribution in [0, 0.1) is 11.8 Å². The number of nitrogens with one attached hydrogen (secondary N) is 1. The van der Waals surface area contributed by atoms with Gasteiger partial charge in [0.2, 0.25) is 5.95 Å². The zero-order valence-electron chi connectivity index (χ0n) is 14.7. The Labute approximate surface area is 147 Å². The largest absolute Gasteiger partial charge is 0.465 e. The number of hydrogen-bond donors (Lipinski definition) is 2. The third kappa shape index (κ3) is 3.00. The first-order valence-electron chi connectivity index (χ1n) is 8.88. The van der Waals surface area contributed by atoms with E-state index in [-0.39, 0.29) is 12.1 Å². The lowest BCUT2D eigenvalue weighted by Gasteiger charge is -2.60. The molecule has 0 spiro atoms. The maximum atomic E-state index is 11.9. The highest BCUT2D eigenvalue weighted by atomic mass is 16.5. The molecule has 0 amide bonds. The van der Waals surface area contributed by atoms with E-state index in [0.29, 0.717) is 29.0 Å². The van der Waals surface area contributed by atoms with Crippen LogP contribution in [0.3, 0.4) is 0 Å². The Balaban J connectivity index is 1.60. The molecule has 4 aliphatic rings. The van der Waals surface area contributed by atoms with Crippen LogP contribution < -0.4 is 5.32 Å². The fraction of sp³-hybridized carbons (Fsp3) is 0.722. The first-order valence-corrected chi connectivity index (χ1v) is 8.88. The summed E-state index contributed by atoms with van der Waals surface area (Å²) in [6, 6.07) is 0. The molecule has 2 unspecified atom stereocenters. The summed E-state index contributed by atoms with van der Waals surface area (Å²) in [4.78, 5) is 20.7. The highest BCUT2D eigenvalue weighted by Gasteiger charge is 2.57. The second-order valence-corrected chi connectivity index (χ2v) is 8.07. The lowest BCUT2D eigenvalue weighted by molar-refractivity contribution is -0.127. The minimum absolute atomic E-state index is 0.143. The van der Waals surface area contributed by atoms with E-state index in [4.69, 9.17) is 9.47 Å². The molecular formula is C18H25N3O4. The molecular weight excluding hydrogens is 322 g/mol. The molecule has 7 heteroatoms. The number of aromatic nitrogens is 2. The SMILES string of the molecule is COCc1nc(NC23CC4CC(CC(O)(C4)C2)C3)ncc1C(=O)OC. The third-order valence-corrected chi connectivity index (χ3v) is 5.96. The first kappa shape index (κ1) is 16.7. The molecule has 4 aliphatic carbocycles. The summed E-state index contributed by atoms with van der Waals surface area (Å²) < 4.78 is 9.94. The summed E-state index contributed by atoms with van der Waals surface area (Å²) in [6.45, 7) is 0.212. The zero-order chi connectivity index (χ0) is 17.7. The van der Waals surface area contributed by atoms with E-state index in [1.54, 1.807) is 7.11 Å². The minimum Gasteiger partial charge on any atom is -0.465 e. The Morgan fingerprint density at radius 2 is 2.04 bits per heavy atom. The standard InChI is InChI=1S/C18H25N3O4/c1-24-9-14-13(15(22)25-2)8-19-16(20-14)21-17-4-11-3-12(5-17)7-18(23,6-11)10-17/h8,11-12,23H,3-7,9-10H2,1-2H3,(H,19,20,21). The van der Waals surface area contributed by atoms with Gasteiger partial charge in [-0.3, -0.25) is 0 Å². The van der Waals surface area contributed by atoms with E-state index >= 15 is 0 Å². The molecule has 0 aliphatic heterocycles. The Morgan fingerprint density at radius 1 is 1.32 bits per heavy atom. The molecule has 136 valence electrons. The van der Waals surface area contributed by atoms with Crippen LogP contribution >= 0.6 is 0 Å². The fourth-order valence-corrected chi connectivity index (χ4v) is 5.60. The molecule has 0 saturated heterocycles. The molecule has 25 heavy (non-hydrogen) atoms. The maximum absolute atomic E-state index is 11.9. The monoisotopic (exact) mass is 347 g/mol. The highest BCUT2D eigenvalue weighted by molar-refractivity contribution is 5.90. The molecule has 4 saturated carbocycles. The van der Waals surface area contributed by atoms with E-state index in [1.807, 2.05) is 0 Å². The Kier molecular flexibility index (Phi) is 3.96. The van der Waals surface area contributed by atoms with Crippen molar-refractivity contribution in [2.24, 2.45) is 11.8 Å². The zero-order valence-corrected chi connectivity index (χ0v) is 14.7. The molecule has 1 aromatic rings. The molecule has 7 nitrogen and oxygen atoms in total. The topological polar surface area (TPSA) is 93.6 Å². The van der Waals surface area contributed by atoms with Crippen molar-refractivity contribution in [1.82, 2.24) is 9.97 Å². The number of anilines is 1. The quantitative estimate of drug-likeness (QED) is 0.786. The van der Waals surface area contributed by atoms with Crippen LogP contribution in [0.4, 0.5) is 5.95 Å². The van der Waals surface area contributed by atoms with Gasteiger partial charge in [0, 0.05) is 18.8 Å². The Bertz CT molecular complexity index is 679. The molecule has 1 aromatic heterocycles. The van der Waals surface area contributed by atoms with E-state index < -0.39 is 11.6 Å². The molecule has 4 bridgehead atoms. The number of ether oxygens (including phenoxy) is 2. The predicted octanol–water partition coefficient (Wildman–Crippen LogP) is 1.91. The van der Waals surface area contributed by atoms with Crippen LogP contribution in [-0.4, -0.2) is 46.4 Å². The van der Waals surface area contributed by atoms with Crippen LogP contribution in [0.15, 0.2) is 6.20 Å². The van der Waals surface area contributed by atoms with E-state index in [0.717, 1.165) is 32.1 Å². The molecule has 2 atom stereocenters. The summed E-state index contributed by atoms with van der Waals surface area (Å²) in [7, 11) is 2.89. The van der Waals surface area contributed by atoms with E-state index in [9.17, 15) is 9.90 Å². The van der Waals surface area contributed by atoms with Gasteiger partial charge in [0.05, 0.1) is 25.0 Å². The number of carbonyl (C=O) groups is 1. The van der Waals surface area contributed by atoms with E-state index in [2.05, 4.69) is 15.3 Å². The molecule has 4 fully saturated rings. The number of esters is 1. The summed E-state index contributed by atoms with van der Waals surface area (Å²) in [6.07, 6.45) is 7.40. The molecule has 0 radical (unpaired) electrons. The van der Waals surface area contributed by atoms with Crippen molar-refractivity contribution >= 4 is 11.9 Å². The molecule has 2 N–H and O–H groups in total. The highest BCUT2D eigenvalue weighted by Crippen LogP contribution is 2.58. The predicted molar refractivity (Wildman–Crippen MR) is 90.1 cm³/mol. The average Bonchev–Trinajstić information content (AvgIpc) is 2.52. The van der Waals surface area contributed by atoms with Gasteiger partial charge in [-0.05, 0) is 50.4 Å². The summed E-state index contributed by atoms with van der Waals surface area (Å²) >= 11 is 0. The summed E-state index contributed by atoms with van der Waals surface area (Å²) in [5.74, 6) is 1.17. The van der Waals surface area contributed by atoms with Crippen molar-refractivity contribution in [2.45, 2.75) is 56.3 Å². The van der Waals surface area contributed by atoms with Crippen LogP contribution in [0.1, 0.15) is 54.6 Å².